The molecule has 0 N–H and O–H groups in total. The van der Waals surface area contributed by atoms with Crippen LogP contribution in [0.4, 0.5) is 4.39 Å². The molecule has 5 aromatic rings. The Kier molecular flexibility index (Phi) is 4.25. The minimum absolute atomic E-state index is 0.229. The molecule has 0 saturated carbocycles. The predicted octanol–water partition coefficient (Wildman–Crippen LogP) is 4.69. The van der Waals surface area contributed by atoms with Crippen molar-refractivity contribution in [2.75, 3.05) is 0 Å². The van der Waals surface area contributed by atoms with Gasteiger partial charge in [-0.25, -0.2) is 14.1 Å². The van der Waals surface area contributed by atoms with E-state index in [1.807, 2.05) is 61.5 Å². The van der Waals surface area contributed by atoms with Gasteiger partial charge < -0.3 is 0 Å². The first-order valence-corrected chi connectivity index (χ1v) is 9.51. The maximum atomic E-state index is 14.7. The zero-order valence-corrected chi connectivity index (χ0v) is 16.2. The van der Waals surface area contributed by atoms with Crippen molar-refractivity contribution in [3.05, 3.63) is 107 Å². The second kappa shape index (κ2) is 7.08. The third-order valence-corrected chi connectivity index (χ3v) is 5.01. The van der Waals surface area contributed by atoms with E-state index in [0.29, 0.717) is 16.7 Å². The van der Waals surface area contributed by atoms with E-state index in [4.69, 9.17) is 4.98 Å². The van der Waals surface area contributed by atoms with Crippen molar-refractivity contribution in [3.63, 3.8) is 0 Å². The summed E-state index contributed by atoms with van der Waals surface area (Å²) >= 11 is 0. The summed E-state index contributed by atoms with van der Waals surface area (Å²) in [5.74, 6) is -0.220. The Bertz CT molecular complexity index is 1420. The normalized spacial score (nSPS) is 11.1. The number of rotatable bonds is 3. The van der Waals surface area contributed by atoms with Crippen LogP contribution in [0.15, 0.2) is 89.9 Å². The van der Waals surface area contributed by atoms with Gasteiger partial charge in [0, 0.05) is 0 Å². The second-order valence-corrected chi connectivity index (χ2v) is 7.02. The summed E-state index contributed by atoms with van der Waals surface area (Å²) < 4.78 is 17.8. The van der Waals surface area contributed by atoms with Gasteiger partial charge in [-0.15, -0.1) is 0 Å². The third-order valence-electron chi connectivity index (χ3n) is 5.01. The van der Waals surface area contributed by atoms with Crippen molar-refractivity contribution in [3.8, 4) is 22.8 Å². The van der Waals surface area contributed by atoms with E-state index in [0.717, 1.165) is 11.3 Å². The van der Waals surface area contributed by atoms with Crippen molar-refractivity contribution >= 4 is 11.0 Å². The van der Waals surface area contributed by atoms with Gasteiger partial charge >= 0.3 is 0 Å². The lowest BCUT2D eigenvalue weighted by molar-refractivity contribution is 0.629. The van der Waals surface area contributed by atoms with Gasteiger partial charge in [0.2, 0.25) is 0 Å². The fraction of sp³-hybridized carbons (Fsp3) is 0.0417. The Morgan fingerprint density at radius 2 is 1.53 bits per heavy atom. The summed E-state index contributed by atoms with van der Waals surface area (Å²) in [5.41, 5.74) is 2.78. The van der Waals surface area contributed by atoms with Crippen molar-refractivity contribution in [1.29, 1.82) is 0 Å². The van der Waals surface area contributed by atoms with E-state index in [2.05, 4.69) is 5.10 Å². The lowest BCUT2D eigenvalue weighted by Crippen LogP contribution is -2.22. The Morgan fingerprint density at radius 1 is 0.833 bits per heavy atom. The molecule has 0 aliphatic rings. The van der Waals surface area contributed by atoms with Gasteiger partial charge in [0.05, 0.1) is 23.1 Å². The Balaban J connectivity index is 1.88. The number of nitrogens with zero attached hydrogens (tertiary/aromatic N) is 4. The lowest BCUT2D eigenvalue weighted by Gasteiger charge is -2.14. The van der Waals surface area contributed by atoms with Gasteiger partial charge in [0.25, 0.3) is 5.56 Å². The van der Waals surface area contributed by atoms with E-state index in [1.165, 1.54) is 16.8 Å². The predicted molar refractivity (Wildman–Crippen MR) is 115 cm³/mol. The number of para-hydroxylation sites is 1. The molecule has 0 radical (unpaired) electrons. The molecule has 6 heteroatoms. The molecule has 0 saturated heterocycles. The van der Waals surface area contributed by atoms with Crippen LogP contribution in [0.3, 0.4) is 0 Å². The highest BCUT2D eigenvalue weighted by molar-refractivity contribution is 5.79. The highest BCUT2D eigenvalue weighted by Crippen LogP contribution is 2.25. The van der Waals surface area contributed by atoms with Crippen LogP contribution in [-0.4, -0.2) is 19.3 Å². The van der Waals surface area contributed by atoms with E-state index < -0.39 is 5.82 Å². The standard InChI is InChI=1S/C24H17FN4O/c1-16-11-13-17(14-12-16)28-22(19-9-5-6-10-21(19)25)27-23-20(24(28)30)15-26-29(23)18-7-3-2-4-8-18/h2-15H,1H3. The molecule has 30 heavy (non-hydrogen) atoms. The molecule has 0 aliphatic carbocycles. The van der Waals surface area contributed by atoms with Gasteiger partial charge in [-0.05, 0) is 43.3 Å². The molecule has 0 unspecified atom stereocenters. The van der Waals surface area contributed by atoms with Crippen LogP contribution >= 0.6 is 0 Å². The average molecular weight is 396 g/mol. The van der Waals surface area contributed by atoms with E-state index >= 15 is 0 Å². The molecule has 0 fully saturated rings. The van der Waals surface area contributed by atoms with Crippen LogP contribution in [0.25, 0.3) is 33.8 Å². The Labute approximate surface area is 171 Å². The minimum Gasteiger partial charge on any atom is -0.268 e. The number of aryl methyl sites for hydroxylation is 1. The molecule has 5 nitrogen and oxygen atoms in total. The monoisotopic (exact) mass is 396 g/mol. The molecule has 5 rings (SSSR count). The molecular weight excluding hydrogens is 379 g/mol. The molecule has 0 amide bonds. The first kappa shape index (κ1) is 18.0. The molecule has 0 atom stereocenters. The highest BCUT2D eigenvalue weighted by atomic mass is 19.1. The number of hydrogen-bond donors (Lipinski definition) is 0. The first-order chi connectivity index (χ1) is 14.6. The van der Waals surface area contributed by atoms with Crippen molar-refractivity contribution < 1.29 is 4.39 Å². The van der Waals surface area contributed by atoms with E-state index in [1.54, 1.807) is 22.9 Å². The number of fused-ring (bicyclic) bond motifs is 1. The quantitative estimate of drug-likeness (QED) is 0.445. The summed E-state index contributed by atoms with van der Waals surface area (Å²) in [6.07, 6.45) is 1.51. The van der Waals surface area contributed by atoms with Gasteiger partial charge in [-0.1, -0.05) is 48.0 Å². The Hall–Kier alpha value is -4.06. The molecular formula is C24H17FN4O. The van der Waals surface area contributed by atoms with Crippen LogP contribution in [0, 0.1) is 12.7 Å². The SMILES string of the molecule is Cc1ccc(-n2c(-c3ccccc3F)nc3c(cnn3-c3ccccc3)c2=O)cc1. The topological polar surface area (TPSA) is 52.7 Å². The number of halogens is 1. The summed E-state index contributed by atoms with van der Waals surface area (Å²) in [7, 11) is 0. The summed E-state index contributed by atoms with van der Waals surface area (Å²) in [5, 5.41) is 4.74. The van der Waals surface area contributed by atoms with Crippen LogP contribution in [0.5, 0.6) is 0 Å². The lowest BCUT2D eigenvalue weighted by atomic mass is 10.1. The van der Waals surface area contributed by atoms with Crippen molar-refractivity contribution in [2.45, 2.75) is 6.92 Å². The Morgan fingerprint density at radius 3 is 2.27 bits per heavy atom. The van der Waals surface area contributed by atoms with Crippen molar-refractivity contribution in [1.82, 2.24) is 19.3 Å². The van der Waals surface area contributed by atoms with Crippen LogP contribution < -0.4 is 5.56 Å². The fourth-order valence-electron chi connectivity index (χ4n) is 3.48. The highest BCUT2D eigenvalue weighted by Gasteiger charge is 2.20. The molecule has 3 aromatic carbocycles. The van der Waals surface area contributed by atoms with Gasteiger partial charge in [-0.3, -0.25) is 9.36 Å². The minimum atomic E-state index is -0.449. The third kappa shape index (κ3) is 2.90. The molecule has 2 heterocycles. The van der Waals surface area contributed by atoms with Crippen LogP contribution in [-0.2, 0) is 0 Å². The number of aromatic nitrogens is 4. The first-order valence-electron chi connectivity index (χ1n) is 9.51. The smallest absolute Gasteiger partial charge is 0.268 e. The number of benzene rings is 3. The largest absolute Gasteiger partial charge is 0.269 e. The van der Waals surface area contributed by atoms with Gasteiger partial charge in [-0.2, -0.15) is 5.10 Å². The maximum Gasteiger partial charge on any atom is 0.269 e. The molecule has 0 bridgehead atoms. The van der Waals surface area contributed by atoms with Gasteiger partial charge in [0.15, 0.2) is 11.5 Å². The van der Waals surface area contributed by atoms with E-state index in [-0.39, 0.29) is 16.9 Å². The number of hydrogen-bond acceptors (Lipinski definition) is 3. The van der Waals surface area contributed by atoms with Crippen molar-refractivity contribution in [2.24, 2.45) is 0 Å². The van der Waals surface area contributed by atoms with Crippen LogP contribution in [0.2, 0.25) is 0 Å². The summed E-state index contributed by atoms with van der Waals surface area (Å²) in [4.78, 5) is 18.2. The maximum absolute atomic E-state index is 14.7. The second-order valence-electron chi connectivity index (χ2n) is 7.02. The zero-order chi connectivity index (χ0) is 20.7. The average Bonchev–Trinajstić information content (AvgIpc) is 3.20. The summed E-state index contributed by atoms with van der Waals surface area (Å²) in [6.45, 7) is 1.97. The molecule has 2 aromatic heterocycles. The molecule has 146 valence electrons. The van der Waals surface area contributed by atoms with Gasteiger partial charge in [0.1, 0.15) is 11.2 Å². The molecule has 0 aliphatic heterocycles. The van der Waals surface area contributed by atoms with Crippen LogP contribution in [0.1, 0.15) is 5.56 Å². The summed E-state index contributed by atoms with van der Waals surface area (Å²) in [6, 6.07) is 23.2. The fourth-order valence-corrected chi connectivity index (χ4v) is 3.48. The molecule has 0 spiro atoms. The zero-order valence-electron chi connectivity index (χ0n) is 16.2. The van der Waals surface area contributed by atoms with E-state index in [9.17, 15) is 9.18 Å².